The Labute approximate surface area is 95.6 Å². The van der Waals surface area contributed by atoms with Gasteiger partial charge in [0, 0.05) is 6.61 Å². The highest BCUT2D eigenvalue weighted by Crippen LogP contribution is 2.31. The van der Waals surface area contributed by atoms with Crippen LogP contribution in [0.3, 0.4) is 0 Å². The Morgan fingerprint density at radius 2 is 1.93 bits per heavy atom. The first-order valence-electron chi connectivity index (χ1n) is 6.76. The van der Waals surface area contributed by atoms with Crippen LogP contribution in [0.25, 0.3) is 0 Å². The van der Waals surface area contributed by atoms with Gasteiger partial charge in [0.15, 0.2) is 0 Å². The largest absolute Gasteiger partial charge is 0.378 e. The predicted octanol–water partition coefficient (Wildman–Crippen LogP) is 4.26. The number of hydrogen-bond acceptors (Lipinski definition) is 1. The lowest BCUT2D eigenvalue weighted by atomic mass is 9.80. The molecule has 1 nitrogen and oxygen atoms in total. The van der Waals surface area contributed by atoms with Crippen LogP contribution in [0.1, 0.15) is 59.8 Å². The van der Waals surface area contributed by atoms with Crippen molar-refractivity contribution in [2.24, 2.45) is 17.8 Å². The van der Waals surface area contributed by atoms with Crippen LogP contribution in [0.2, 0.25) is 0 Å². The van der Waals surface area contributed by atoms with E-state index in [4.69, 9.17) is 4.74 Å². The van der Waals surface area contributed by atoms with E-state index in [-0.39, 0.29) is 0 Å². The molecular formula is C14H28O. The second-order valence-corrected chi connectivity index (χ2v) is 5.58. The third-order valence-electron chi connectivity index (χ3n) is 3.74. The van der Waals surface area contributed by atoms with Crippen LogP contribution in [-0.2, 0) is 4.74 Å². The van der Waals surface area contributed by atoms with Crippen molar-refractivity contribution in [3.8, 4) is 0 Å². The van der Waals surface area contributed by atoms with E-state index < -0.39 is 0 Å². The number of ether oxygens (including phenoxy) is 1. The molecule has 0 bridgehead atoms. The summed E-state index contributed by atoms with van der Waals surface area (Å²) in [5.41, 5.74) is 0. The van der Waals surface area contributed by atoms with Crippen molar-refractivity contribution in [1.29, 1.82) is 0 Å². The Balaban J connectivity index is 2.45. The van der Waals surface area contributed by atoms with Gasteiger partial charge in [-0.3, -0.25) is 0 Å². The fourth-order valence-electron chi connectivity index (χ4n) is 3.05. The molecule has 1 saturated heterocycles. The molecule has 1 aliphatic rings. The van der Waals surface area contributed by atoms with E-state index in [0.717, 1.165) is 24.4 Å². The summed E-state index contributed by atoms with van der Waals surface area (Å²) in [7, 11) is 0. The van der Waals surface area contributed by atoms with Gasteiger partial charge >= 0.3 is 0 Å². The molecule has 1 unspecified atom stereocenters. The molecule has 1 rings (SSSR count). The highest BCUT2D eigenvalue weighted by molar-refractivity contribution is 4.77. The number of hydrogen-bond donors (Lipinski definition) is 0. The van der Waals surface area contributed by atoms with Crippen molar-refractivity contribution in [2.75, 3.05) is 6.61 Å². The fourth-order valence-corrected chi connectivity index (χ4v) is 3.05. The molecular weight excluding hydrogens is 184 g/mol. The topological polar surface area (TPSA) is 9.23 Å². The summed E-state index contributed by atoms with van der Waals surface area (Å²) in [5, 5.41) is 0. The van der Waals surface area contributed by atoms with E-state index in [9.17, 15) is 0 Å². The average molecular weight is 212 g/mol. The summed E-state index contributed by atoms with van der Waals surface area (Å²) >= 11 is 0. The van der Waals surface area contributed by atoms with E-state index in [2.05, 4.69) is 27.7 Å². The molecule has 1 heterocycles. The predicted molar refractivity (Wildman–Crippen MR) is 66.0 cm³/mol. The summed E-state index contributed by atoms with van der Waals surface area (Å²) in [6, 6.07) is 0. The summed E-state index contributed by atoms with van der Waals surface area (Å²) in [5.74, 6) is 2.42. The minimum absolute atomic E-state index is 0.553. The van der Waals surface area contributed by atoms with Crippen LogP contribution in [0.15, 0.2) is 0 Å². The maximum absolute atomic E-state index is 5.93. The standard InChI is InChI=1S/C14H28O/c1-5-13(12(4)10-11(2)3)14-8-6-7-9-15-14/h11-14H,5-10H2,1-4H3/t12-,13?,14-/m1/s1. The molecule has 0 aromatic carbocycles. The van der Waals surface area contributed by atoms with Gasteiger partial charge in [0.05, 0.1) is 6.10 Å². The number of rotatable bonds is 5. The molecule has 0 amide bonds. The van der Waals surface area contributed by atoms with Gasteiger partial charge in [-0.2, -0.15) is 0 Å². The quantitative estimate of drug-likeness (QED) is 0.661. The first-order chi connectivity index (χ1) is 7.15. The van der Waals surface area contributed by atoms with E-state index in [1.807, 2.05) is 0 Å². The van der Waals surface area contributed by atoms with Crippen molar-refractivity contribution in [1.82, 2.24) is 0 Å². The van der Waals surface area contributed by atoms with Crippen LogP contribution >= 0.6 is 0 Å². The third-order valence-corrected chi connectivity index (χ3v) is 3.74. The summed E-state index contributed by atoms with van der Waals surface area (Å²) in [4.78, 5) is 0. The first kappa shape index (κ1) is 13.0. The van der Waals surface area contributed by atoms with Gasteiger partial charge in [-0.25, -0.2) is 0 Å². The van der Waals surface area contributed by atoms with Crippen molar-refractivity contribution >= 4 is 0 Å². The second kappa shape index (κ2) is 6.52. The molecule has 0 aromatic rings. The Morgan fingerprint density at radius 3 is 2.40 bits per heavy atom. The lowest BCUT2D eigenvalue weighted by molar-refractivity contribution is -0.0389. The van der Waals surface area contributed by atoms with Gasteiger partial charge in [-0.05, 0) is 43.4 Å². The van der Waals surface area contributed by atoms with Crippen molar-refractivity contribution in [2.45, 2.75) is 65.9 Å². The molecule has 1 aliphatic heterocycles. The third kappa shape index (κ3) is 4.14. The van der Waals surface area contributed by atoms with Crippen LogP contribution in [0, 0.1) is 17.8 Å². The molecule has 0 aromatic heterocycles. The first-order valence-corrected chi connectivity index (χ1v) is 6.76. The summed E-state index contributed by atoms with van der Waals surface area (Å²) < 4.78 is 5.93. The molecule has 0 N–H and O–H groups in total. The molecule has 1 fully saturated rings. The Bertz CT molecular complexity index is 159. The highest BCUT2D eigenvalue weighted by atomic mass is 16.5. The lowest BCUT2D eigenvalue weighted by Gasteiger charge is -2.34. The van der Waals surface area contributed by atoms with Crippen LogP contribution in [0.5, 0.6) is 0 Å². The zero-order valence-corrected chi connectivity index (χ0v) is 11.0. The van der Waals surface area contributed by atoms with E-state index in [0.29, 0.717) is 6.10 Å². The minimum atomic E-state index is 0.553. The van der Waals surface area contributed by atoms with Gasteiger partial charge in [0.1, 0.15) is 0 Å². The van der Waals surface area contributed by atoms with Crippen LogP contribution in [-0.4, -0.2) is 12.7 Å². The van der Waals surface area contributed by atoms with Gasteiger partial charge < -0.3 is 4.74 Å². The van der Waals surface area contributed by atoms with Crippen molar-refractivity contribution < 1.29 is 4.74 Å². The average Bonchev–Trinajstić information content (AvgIpc) is 2.19. The smallest absolute Gasteiger partial charge is 0.0605 e. The van der Waals surface area contributed by atoms with Gasteiger partial charge in [0.2, 0.25) is 0 Å². The second-order valence-electron chi connectivity index (χ2n) is 5.58. The fraction of sp³-hybridized carbons (Fsp3) is 1.00. The molecule has 15 heavy (non-hydrogen) atoms. The molecule has 0 saturated carbocycles. The van der Waals surface area contributed by atoms with Crippen molar-refractivity contribution in [3.63, 3.8) is 0 Å². The normalized spacial score (nSPS) is 26.6. The Morgan fingerprint density at radius 1 is 1.20 bits per heavy atom. The summed E-state index contributed by atoms with van der Waals surface area (Å²) in [6.45, 7) is 10.4. The van der Waals surface area contributed by atoms with Crippen LogP contribution < -0.4 is 0 Å². The monoisotopic (exact) mass is 212 g/mol. The van der Waals surface area contributed by atoms with Gasteiger partial charge in [-0.1, -0.05) is 34.1 Å². The minimum Gasteiger partial charge on any atom is -0.378 e. The molecule has 0 aliphatic carbocycles. The van der Waals surface area contributed by atoms with E-state index in [1.54, 1.807) is 0 Å². The van der Waals surface area contributed by atoms with E-state index >= 15 is 0 Å². The molecule has 1 heteroatoms. The van der Waals surface area contributed by atoms with E-state index in [1.165, 1.54) is 32.1 Å². The molecule has 3 atom stereocenters. The zero-order chi connectivity index (χ0) is 11.3. The van der Waals surface area contributed by atoms with Gasteiger partial charge in [-0.15, -0.1) is 0 Å². The molecule has 0 spiro atoms. The SMILES string of the molecule is CCC([C@H](C)CC(C)C)[C@H]1CCCCO1. The molecule has 0 radical (unpaired) electrons. The lowest BCUT2D eigenvalue weighted by Crippen LogP contribution is -2.32. The maximum atomic E-state index is 5.93. The maximum Gasteiger partial charge on any atom is 0.0605 e. The Hall–Kier alpha value is -0.0400. The molecule has 90 valence electrons. The highest BCUT2D eigenvalue weighted by Gasteiger charge is 2.27. The van der Waals surface area contributed by atoms with Crippen LogP contribution in [0.4, 0.5) is 0 Å². The van der Waals surface area contributed by atoms with Crippen molar-refractivity contribution in [3.05, 3.63) is 0 Å². The van der Waals surface area contributed by atoms with Gasteiger partial charge in [0.25, 0.3) is 0 Å². The zero-order valence-electron chi connectivity index (χ0n) is 11.0. The summed E-state index contributed by atoms with van der Waals surface area (Å²) in [6.07, 6.45) is 7.11. The Kier molecular flexibility index (Phi) is 5.66.